The fraction of sp³-hybridized carbons (Fsp3) is 0.167. The van der Waals surface area contributed by atoms with Crippen LogP contribution in [0.2, 0.25) is 5.02 Å². The molecule has 2 N–H and O–H groups in total. The minimum absolute atomic E-state index is 0.0578. The summed E-state index contributed by atoms with van der Waals surface area (Å²) in [6.07, 6.45) is -3.02. The number of primary sulfonamides is 1. The van der Waals surface area contributed by atoms with Crippen LogP contribution in [0.25, 0.3) is 0 Å². The molecule has 15 heavy (non-hydrogen) atoms. The van der Waals surface area contributed by atoms with Gasteiger partial charge in [0.05, 0.1) is 10.6 Å². The summed E-state index contributed by atoms with van der Waals surface area (Å²) in [6, 6.07) is 0.809. The van der Waals surface area contributed by atoms with Gasteiger partial charge < -0.3 is 0 Å². The molecular formula is C6H4BrClF2N2O2S. The van der Waals surface area contributed by atoms with Crippen molar-refractivity contribution in [2.75, 3.05) is 0 Å². The minimum atomic E-state index is -4.30. The van der Waals surface area contributed by atoms with Crippen molar-refractivity contribution in [3.05, 3.63) is 21.3 Å². The summed E-state index contributed by atoms with van der Waals surface area (Å²) < 4.78 is 46.7. The number of halogens is 4. The highest BCUT2D eigenvalue weighted by molar-refractivity contribution is 9.10. The van der Waals surface area contributed by atoms with Crippen molar-refractivity contribution in [3.8, 4) is 0 Å². The standard InChI is InChI=1S/C6H4BrClF2N2O2S/c7-4-3(8)1-2(5(9)10)6(12-4)15(11,13)14/h1,5H,(H2,11,13,14). The Morgan fingerprint density at radius 1 is 1.53 bits per heavy atom. The van der Waals surface area contributed by atoms with E-state index in [1.807, 2.05) is 0 Å². The normalized spacial score (nSPS) is 12.1. The summed E-state index contributed by atoms with van der Waals surface area (Å²) in [5.41, 5.74) is -0.814. The predicted molar refractivity (Wildman–Crippen MR) is 53.3 cm³/mol. The fourth-order valence-corrected chi connectivity index (χ4v) is 2.11. The van der Waals surface area contributed by atoms with E-state index < -0.39 is 27.0 Å². The van der Waals surface area contributed by atoms with Crippen molar-refractivity contribution < 1.29 is 17.2 Å². The Kier molecular flexibility index (Phi) is 3.64. The molecule has 84 valence electrons. The van der Waals surface area contributed by atoms with Gasteiger partial charge in [-0.05, 0) is 22.0 Å². The molecule has 0 radical (unpaired) electrons. The number of nitrogens with zero attached hydrogens (tertiary/aromatic N) is 1. The molecule has 1 rings (SSSR count). The Morgan fingerprint density at radius 2 is 2.07 bits per heavy atom. The van der Waals surface area contributed by atoms with Crippen LogP contribution in [0, 0.1) is 0 Å². The van der Waals surface area contributed by atoms with Crippen molar-refractivity contribution in [1.82, 2.24) is 4.98 Å². The van der Waals surface area contributed by atoms with E-state index in [2.05, 4.69) is 20.9 Å². The summed E-state index contributed by atoms with van der Waals surface area (Å²) >= 11 is 8.32. The largest absolute Gasteiger partial charge is 0.266 e. The van der Waals surface area contributed by atoms with E-state index in [-0.39, 0.29) is 9.63 Å². The molecular weight excluding hydrogens is 317 g/mol. The highest BCUT2D eigenvalue weighted by atomic mass is 79.9. The molecule has 4 nitrogen and oxygen atoms in total. The van der Waals surface area contributed by atoms with Crippen LogP contribution in [0.15, 0.2) is 15.7 Å². The molecule has 1 aromatic heterocycles. The number of alkyl halides is 2. The average molecular weight is 322 g/mol. The Bertz CT molecular complexity index is 494. The van der Waals surface area contributed by atoms with Crippen molar-refractivity contribution in [3.63, 3.8) is 0 Å². The zero-order valence-electron chi connectivity index (χ0n) is 6.92. The lowest BCUT2D eigenvalue weighted by Gasteiger charge is -2.07. The molecule has 1 heterocycles. The molecule has 0 fully saturated rings. The minimum Gasteiger partial charge on any atom is -0.226 e. The Balaban J connectivity index is 3.56. The lowest BCUT2D eigenvalue weighted by atomic mass is 10.3. The van der Waals surface area contributed by atoms with Crippen LogP contribution < -0.4 is 5.14 Å². The second-order valence-electron chi connectivity index (χ2n) is 2.50. The Hall–Kier alpha value is -0.310. The molecule has 1 aromatic rings. The molecule has 0 aliphatic heterocycles. The molecule has 0 atom stereocenters. The summed E-state index contributed by atoms with van der Waals surface area (Å²) in [5.74, 6) is 0. The SMILES string of the molecule is NS(=O)(=O)c1nc(Br)c(Cl)cc1C(F)F. The first kappa shape index (κ1) is 12.8. The predicted octanol–water partition coefficient (Wildman–Crippen LogP) is 2.08. The molecule has 0 spiro atoms. The highest BCUT2D eigenvalue weighted by Gasteiger charge is 2.24. The maximum Gasteiger partial charge on any atom is 0.266 e. The second kappa shape index (κ2) is 4.28. The van der Waals surface area contributed by atoms with Crippen LogP contribution in [0.3, 0.4) is 0 Å². The number of hydrogen-bond donors (Lipinski definition) is 1. The quantitative estimate of drug-likeness (QED) is 0.848. The average Bonchev–Trinajstić information content (AvgIpc) is 2.06. The Labute approximate surface area is 97.6 Å². The van der Waals surface area contributed by atoms with Gasteiger partial charge in [-0.1, -0.05) is 11.6 Å². The first-order valence-electron chi connectivity index (χ1n) is 3.40. The summed E-state index contributed by atoms with van der Waals surface area (Å²) in [7, 11) is -4.30. The summed E-state index contributed by atoms with van der Waals surface area (Å²) in [5, 5.41) is 3.73. The van der Waals surface area contributed by atoms with Gasteiger partial charge in [-0.3, -0.25) is 0 Å². The zero-order valence-corrected chi connectivity index (χ0v) is 10.1. The van der Waals surface area contributed by atoms with Gasteiger partial charge in [0.1, 0.15) is 4.60 Å². The third-order valence-corrected chi connectivity index (χ3v) is 3.42. The van der Waals surface area contributed by atoms with Crippen molar-refractivity contribution in [1.29, 1.82) is 0 Å². The maximum absolute atomic E-state index is 12.4. The first-order chi connectivity index (χ1) is 6.73. The monoisotopic (exact) mass is 320 g/mol. The van der Waals surface area contributed by atoms with Gasteiger partial charge in [0, 0.05) is 0 Å². The molecule has 0 aliphatic rings. The van der Waals surface area contributed by atoms with Crippen molar-refractivity contribution in [2.24, 2.45) is 5.14 Å². The van der Waals surface area contributed by atoms with E-state index in [4.69, 9.17) is 16.7 Å². The van der Waals surface area contributed by atoms with E-state index in [9.17, 15) is 17.2 Å². The van der Waals surface area contributed by atoms with Crippen LogP contribution >= 0.6 is 27.5 Å². The van der Waals surface area contributed by atoms with E-state index in [1.165, 1.54) is 0 Å². The third kappa shape index (κ3) is 2.83. The third-order valence-electron chi connectivity index (χ3n) is 1.43. The van der Waals surface area contributed by atoms with E-state index >= 15 is 0 Å². The number of sulfonamides is 1. The smallest absolute Gasteiger partial charge is 0.226 e. The lowest BCUT2D eigenvalue weighted by Crippen LogP contribution is -2.17. The van der Waals surface area contributed by atoms with Gasteiger partial charge in [0.15, 0.2) is 5.03 Å². The molecule has 9 heteroatoms. The van der Waals surface area contributed by atoms with Crippen molar-refractivity contribution in [2.45, 2.75) is 11.5 Å². The second-order valence-corrected chi connectivity index (χ2v) is 5.14. The maximum atomic E-state index is 12.4. The number of hydrogen-bond acceptors (Lipinski definition) is 3. The summed E-state index contributed by atoms with van der Waals surface area (Å²) in [4.78, 5) is 3.36. The first-order valence-corrected chi connectivity index (χ1v) is 6.12. The number of rotatable bonds is 2. The van der Waals surface area contributed by atoms with Gasteiger partial charge in [-0.25, -0.2) is 27.3 Å². The Morgan fingerprint density at radius 3 is 2.47 bits per heavy atom. The molecule has 0 unspecified atom stereocenters. The van der Waals surface area contributed by atoms with Gasteiger partial charge in [0.2, 0.25) is 0 Å². The molecule has 0 saturated carbocycles. The summed E-state index contributed by atoms with van der Waals surface area (Å²) in [6.45, 7) is 0. The highest BCUT2D eigenvalue weighted by Crippen LogP contribution is 2.30. The molecule has 0 bridgehead atoms. The number of pyridine rings is 1. The van der Waals surface area contributed by atoms with E-state index in [1.54, 1.807) is 0 Å². The van der Waals surface area contributed by atoms with E-state index in [0.29, 0.717) is 0 Å². The van der Waals surface area contributed by atoms with Crippen LogP contribution in [0.4, 0.5) is 8.78 Å². The molecule has 0 saturated heterocycles. The van der Waals surface area contributed by atoms with Crippen LogP contribution in [0.1, 0.15) is 12.0 Å². The van der Waals surface area contributed by atoms with E-state index in [0.717, 1.165) is 6.07 Å². The molecule has 0 aromatic carbocycles. The fourth-order valence-electron chi connectivity index (χ4n) is 0.849. The van der Waals surface area contributed by atoms with Gasteiger partial charge >= 0.3 is 0 Å². The van der Waals surface area contributed by atoms with Gasteiger partial charge in [-0.2, -0.15) is 0 Å². The molecule has 0 aliphatic carbocycles. The number of nitrogens with two attached hydrogens (primary N) is 1. The number of aromatic nitrogens is 1. The lowest BCUT2D eigenvalue weighted by molar-refractivity contribution is 0.147. The van der Waals surface area contributed by atoms with Crippen LogP contribution in [0.5, 0.6) is 0 Å². The van der Waals surface area contributed by atoms with Gasteiger partial charge in [0.25, 0.3) is 16.4 Å². The van der Waals surface area contributed by atoms with Crippen molar-refractivity contribution >= 4 is 37.6 Å². The topological polar surface area (TPSA) is 73.1 Å². The van der Waals surface area contributed by atoms with Crippen LogP contribution in [-0.2, 0) is 10.0 Å². The van der Waals surface area contributed by atoms with Gasteiger partial charge in [-0.15, -0.1) is 0 Å². The zero-order chi connectivity index (χ0) is 11.8. The molecule has 0 amide bonds. The van der Waals surface area contributed by atoms with Crippen LogP contribution in [-0.4, -0.2) is 13.4 Å².